The van der Waals surface area contributed by atoms with E-state index in [-0.39, 0.29) is 6.54 Å². The van der Waals surface area contributed by atoms with Gasteiger partial charge in [-0.1, -0.05) is 35.9 Å². The lowest BCUT2D eigenvalue weighted by atomic mass is 10.1. The van der Waals surface area contributed by atoms with Crippen molar-refractivity contribution in [3.05, 3.63) is 69.7 Å². The highest BCUT2D eigenvalue weighted by Crippen LogP contribution is 2.35. The summed E-state index contributed by atoms with van der Waals surface area (Å²) in [5, 5.41) is 3.66. The summed E-state index contributed by atoms with van der Waals surface area (Å²) in [5.74, 6) is -0.944. The summed E-state index contributed by atoms with van der Waals surface area (Å²) in [6, 6.07) is 14.5. The van der Waals surface area contributed by atoms with Gasteiger partial charge in [0.2, 0.25) is 5.91 Å². The number of anilines is 1. The summed E-state index contributed by atoms with van der Waals surface area (Å²) >= 11 is 6.76. The Kier molecular flexibility index (Phi) is 5.40. The third kappa shape index (κ3) is 3.74. The third-order valence-electron chi connectivity index (χ3n) is 5.01. The maximum Gasteiger partial charge on any atom is 0.294 e. The van der Waals surface area contributed by atoms with Crippen LogP contribution in [-0.2, 0) is 16.6 Å². The number of carbonyl (C=O) groups is 3. The van der Waals surface area contributed by atoms with Crippen molar-refractivity contribution in [2.24, 2.45) is 7.05 Å². The number of thioether (sulfide) groups is 1. The molecule has 0 saturated carbocycles. The van der Waals surface area contributed by atoms with Gasteiger partial charge in [-0.25, -0.2) is 0 Å². The maximum absolute atomic E-state index is 12.8. The molecule has 3 amide bonds. The second kappa shape index (κ2) is 8.01. The quantitative estimate of drug-likeness (QED) is 0.592. The van der Waals surface area contributed by atoms with Crippen LogP contribution in [0.2, 0.25) is 5.02 Å². The van der Waals surface area contributed by atoms with Crippen molar-refractivity contribution in [3.63, 3.8) is 0 Å². The van der Waals surface area contributed by atoms with Crippen LogP contribution in [0.1, 0.15) is 11.3 Å². The molecule has 1 N–H and O–H groups in total. The van der Waals surface area contributed by atoms with Crippen LogP contribution in [0.25, 0.3) is 17.0 Å². The van der Waals surface area contributed by atoms with E-state index >= 15 is 0 Å². The molecule has 6 nitrogen and oxygen atoms in total. The van der Waals surface area contributed by atoms with Crippen LogP contribution >= 0.6 is 23.4 Å². The molecule has 0 radical (unpaired) electrons. The molecule has 0 atom stereocenters. The first-order valence-corrected chi connectivity index (χ1v) is 10.4. The van der Waals surface area contributed by atoms with E-state index in [1.54, 1.807) is 30.3 Å². The van der Waals surface area contributed by atoms with Crippen LogP contribution in [0.15, 0.2) is 53.4 Å². The highest BCUT2D eigenvalue weighted by Gasteiger charge is 2.36. The highest BCUT2D eigenvalue weighted by atomic mass is 35.5. The van der Waals surface area contributed by atoms with Crippen LogP contribution in [0.5, 0.6) is 0 Å². The van der Waals surface area contributed by atoms with Crippen molar-refractivity contribution >= 4 is 63.1 Å². The van der Waals surface area contributed by atoms with Gasteiger partial charge in [0.05, 0.1) is 4.91 Å². The Morgan fingerprint density at radius 3 is 2.70 bits per heavy atom. The van der Waals surface area contributed by atoms with Gasteiger partial charge in [-0.15, -0.1) is 0 Å². The fraction of sp³-hybridized carbons (Fsp3) is 0.136. The van der Waals surface area contributed by atoms with Crippen molar-refractivity contribution in [3.8, 4) is 0 Å². The SMILES string of the molecule is Cc1c(/C=C2\SC(=O)N(CC(=O)Nc3cccc(Cl)c3)C2=O)c2ccccc2n1C. The maximum atomic E-state index is 12.8. The van der Waals surface area contributed by atoms with E-state index in [1.807, 2.05) is 42.8 Å². The van der Waals surface area contributed by atoms with Crippen molar-refractivity contribution in [2.45, 2.75) is 6.92 Å². The van der Waals surface area contributed by atoms with E-state index in [2.05, 4.69) is 5.32 Å². The Labute approximate surface area is 182 Å². The molecule has 1 aromatic heterocycles. The number of nitrogens with zero attached hydrogens (tertiary/aromatic N) is 2. The van der Waals surface area contributed by atoms with E-state index < -0.39 is 17.1 Å². The Hall–Kier alpha value is -3.03. The average molecular weight is 440 g/mol. The lowest BCUT2D eigenvalue weighted by Gasteiger charge is -2.12. The lowest BCUT2D eigenvalue weighted by Crippen LogP contribution is -2.36. The zero-order valence-corrected chi connectivity index (χ0v) is 17.9. The number of aromatic nitrogens is 1. The van der Waals surface area contributed by atoms with Gasteiger partial charge in [0.15, 0.2) is 0 Å². The molecule has 0 unspecified atom stereocenters. The van der Waals surface area contributed by atoms with Gasteiger partial charge in [-0.2, -0.15) is 0 Å². The molecule has 0 aliphatic carbocycles. The standard InChI is InChI=1S/C22H18ClN3O3S/c1-13-17(16-8-3-4-9-18(16)25(13)2)11-19-21(28)26(22(29)30-19)12-20(27)24-15-7-5-6-14(23)10-15/h3-11H,12H2,1-2H3,(H,24,27)/b19-11-. The first-order valence-electron chi connectivity index (χ1n) is 9.20. The number of nitrogens with one attached hydrogen (secondary N) is 1. The molecule has 1 saturated heterocycles. The molecule has 3 aromatic rings. The number of benzene rings is 2. The number of imide groups is 1. The average Bonchev–Trinajstić information content (AvgIpc) is 3.11. The minimum absolute atomic E-state index is 0.301. The van der Waals surface area contributed by atoms with Crippen molar-refractivity contribution in [2.75, 3.05) is 11.9 Å². The predicted octanol–water partition coefficient (Wildman–Crippen LogP) is 4.82. The lowest BCUT2D eigenvalue weighted by molar-refractivity contribution is -0.127. The number of fused-ring (bicyclic) bond motifs is 1. The predicted molar refractivity (Wildman–Crippen MR) is 120 cm³/mol. The molecular weight excluding hydrogens is 422 g/mol. The number of aryl methyl sites for hydroxylation is 1. The van der Waals surface area contributed by atoms with Crippen LogP contribution < -0.4 is 5.32 Å². The molecule has 8 heteroatoms. The third-order valence-corrected chi connectivity index (χ3v) is 6.15. The zero-order chi connectivity index (χ0) is 21.4. The van der Waals surface area contributed by atoms with Gasteiger partial charge in [0, 0.05) is 39.9 Å². The second-order valence-corrected chi connectivity index (χ2v) is 8.33. The largest absolute Gasteiger partial charge is 0.347 e. The van der Waals surface area contributed by atoms with Gasteiger partial charge >= 0.3 is 0 Å². The number of halogens is 1. The molecule has 1 aliphatic heterocycles. The van der Waals surface area contributed by atoms with Gasteiger partial charge in [-0.05, 0) is 49.0 Å². The number of hydrogen-bond acceptors (Lipinski definition) is 4. The second-order valence-electron chi connectivity index (χ2n) is 6.90. The summed E-state index contributed by atoms with van der Waals surface area (Å²) in [6.45, 7) is 1.61. The van der Waals surface area contributed by atoms with Crippen LogP contribution in [0.3, 0.4) is 0 Å². The molecule has 4 rings (SSSR count). The smallest absolute Gasteiger partial charge is 0.294 e. The van der Waals surface area contributed by atoms with Crippen LogP contribution in [0, 0.1) is 6.92 Å². The zero-order valence-electron chi connectivity index (χ0n) is 16.3. The van der Waals surface area contributed by atoms with Crippen LogP contribution in [-0.4, -0.2) is 33.1 Å². The van der Waals surface area contributed by atoms with E-state index in [0.717, 1.165) is 38.8 Å². The first-order chi connectivity index (χ1) is 14.3. The first kappa shape index (κ1) is 20.3. The van der Waals surface area contributed by atoms with Crippen molar-refractivity contribution < 1.29 is 14.4 Å². The minimum atomic E-state index is -0.474. The Bertz CT molecular complexity index is 1230. The van der Waals surface area contributed by atoms with Crippen molar-refractivity contribution in [1.29, 1.82) is 0 Å². The molecule has 2 aromatic carbocycles. The van der Waals surface area contributed by atoms with E-state index in [9.17, 15) is 14.4 Å². The van der Waals surface area contributed by atoms with E-state index in [1.165, 1.54) is 0 Å². The van der Waals surface area contributed by atoms with Gasteiger partial charge in [-0.3, -0.25) is 19.3 Å². The number of carbonyl (C=O) groups excluding carboxylic acids is 3. The van der Waals surface area contributed by atoms with Gasteiger partial charge < -0.3 is 9.88 Å². The Balaban J connectivity index is 1.56. The fourth-order valence-electron chi connectivity index (χ4n) is 3.41. The molecule has 1 fully saturated rings. The molecule has 0 spiro atoms. The molecule has 1 aliphatic rings. The molecule has 30 heavy (non-hydrogen) atoms. The fourth-order valence-corrected chi connectivity index (χ4v) is 4.42. The highest BCUT2D eigenvalue weighted by molar-refractivity contribution is 8.18. The molecule has 2 heterocycles. The Morgan fingerprint density at radius 1 is 1.17 bits per heavy atom. The Morgan fingerprint density at radius 2 is 1.93 bits per heavy atom. The number of para-hydroxylation sites is 1. The number of amides is 3. The van der Waals surface area contributed by atoms with Crippen LogP contribution in [0.4, 0.5) is 10.5 Å². The van der Waals surface area contributed by atoms with E-state index in [0.29, 0.717) is 15.6 Å². The summed E-state index contributed by atoms with van der Waals surface area (Å²) in [5.41, 5.74) is 3.42. The van der Waals surface area contributed by atoms with E-state index in [4.69, 9.17) is 11.6 Å². The molecular formula is C22H18ClN3O3S. The summed E-state index contributed by atoms with van der Waals surface area (Å²) < 4.78 is 2.05. The summed E-state index contributed by atoms with van der Waals surface area (Å²) in [7, 11) is 1.96. The monoisotopic (exact) mass is 439 g/mol. The topological polar surface area (TPSA) is 71.4 Å². The van der Waals surface area contributed by atoms with Crippen molar-refractivity contribution in [1.82, 2.24) is 9.47 Å². The number of hydrogen-bond donors (Lipinski definition) is 1. The summed E-state index contributed by atoms with van der Waals surface area (Å²) in [4.78, 5) is 38.8. The molecule has 0 bridgehead atoms. The minimum Gasteiger partial charge on any atom is -0.347 e. The summed E-state index contributed by atoms with van der Waals surface area (Å²) in [6.07, 6.45) is 1.73. The van der Waals surface area contributed by atoms with Gasteiger partial charge in [0.1, 0.15) is 6.54 Å². The number of rotatable bonds is 4. The normalized spacial score (nSPS) is 15.4. The van der Waals surface area contributed by atoms with Gasteiger partial charge in [0.25, 0.3) is 11.1 Å². The molecule has 152 valence electrons.